The van der Waals surface area contributed by atoms with Crippen molar-refractivity contribution in [2.24, 2.45) is 16.8 Å². The summed E-state index contributed by atoms with van der Waals surface area (Å²) >= 11 is 1.48. The molecule has 0 bridgehead atoms. The molecular weight excluding hydrogens is 477 g/mol. The molecule has 0 amide bonds. The summed E-state index contributed by atoms with van der Waals surface area (Å²) < 4.78 is 39.3. The van der Waals surface area contributed by atoms with Crippen LogP contribution in [-0.4, -0.2) is 49.8 Å². The Balaban J connectivity index is 1.28. The van der Waals surface area contributed by atoms with Crippen molar-refractivity contribution in [3.63, 3.8) is 0 Å². The zero-order chi connectivity index (χ0) is 23.5. The Morgan fingerprint density at radius 1 is 1.15 bits per heavy atom. The van der Waals surface area contributed by atoms with Gasteiger partial charge >= 0.3 is 0 Å². The summed E-state index contributed by atoms with van der Waals surface area (Å²) in [5.74, 6) is 1.21. The molecule has 0 radical (unpaired) electrons. The molecule has 1 saturated heterocycles. The number of thiophene rings is 1. The van der Waals surface area contributed by atoms with Crippen molar-refractivity contribution in [1.82, 2.24) is 15.4 Å². The minimum Gasteiger partial charge on any atom is -0.394 e. The van der Waals surface area contributed by atoms with Gasteiger partial charge in [0.05, 0.1) is 15.1 Å². The fourth-order valence-corrected chi connectivity index (χ4v) is 6.89. The molecular formula is C23H24FN5O3S2. The number of anilines is 1. The van der Waals surface area contributed by atoms with Crippen LogP contribution in [0.25, 0.3) is 21.3 Å². The highest BCUT2D eigenvalue weighted by molar-refractivity contribution is 7.90. The van der Waals surface area contributed by atoms with E-state index in [1.54, 1.807) is 0 Å². The third-order valence-corrected chi connectivity index (χ3v) is 9.23. The maximum absolute atomic E-state index is 14.9. The van der Waals surface area contributed by atoms with Gasteiger partial charge in [-0.15, -0.1) is 16.8 Å². The van der Waals surface area contributed by atoms with Crippen molar-refractivity contribution in [2.45, 2.75) is 36.2 Å². The molecule has 1 aromatic carbocycles. The van der Waals surface area contributed by atoms with Crippen LogP contribution in [0.15, 0.2) is 39.8 Å². The van der Waals surface area contributed by atoms with Crippen LogP contribution in [0, 0.1) is 17.7 Å². The van der Waals surface area contributed by atoms with Crippen LogP contribution >= 0.6 is 11.3 Å². The van der Waals surface area contributed by atoms with E-state index >= 15 is 0 Å². The first-order valence-corrected chi connectivity index (χ1v) is 14.1. The molecule has 3 aromatic rings. The van der Waals surface area contributed by atoms with Crippen molar-refractivity contribution in [3.8, 4) is 11.1 Å². The molecule has 2 aliphatic heterocycles. The van der Waals surface area contributed by atoms with Crippen molar-refractivity contribution in [3.05, 3.63) is 35.7 Å². The molecule has 2 aromatic heterocycles. The predicted molar refractivity (Wildman–Crippen MR) is 129 cm³/mol. The molecule has 2 fully saturated rings. The van der Waals surface area contributed by atoms with E-state index in [-0.39, 0.29) is 10.6 Å². The van der Waals surface area contributed by atoms with Crippen molar-refractivity contribution in [1.29, 1.82) is 0 Å². The monoisotopic (exact) mass is 501 g/mol. The number of aromatic nitrogens is 2. The van der Waals surface area contributed by atoms with Crippen LogP contribution in [0.2, 0.25) is 0 Å². The van der Waals surface area contributed by atoms with Crippen molar-refractivity contribution < 1.29 is 17.6 Å². The number of aliphatic imine (C=N–C) groups is 1. The molecule has 3 aliphatic rings. The van der Waals surface area contributed by atoms with E-state index in [9.17, 15) is 12.8 Å². The molecule has 11 heteroatoms. The Morgan fingerprint density at radius 3 is 2.56 bits per heavy atom. The molecule has 1 N–H and O–H groups in total. The fourth-order valence-electron chi connectivity index (χ4n) is 5.23. The maximum atomic E-state index is 14.9. The molecule has 1 unspecified atom stereocenters. The van der Waals surface area contributed by atoms with Gasteiger partial charge in [0.15, 0.2) is 21.9 Å². The molecule has 1 atom stereocenters. The molecule has 1 aliphatic carbocycles. The molecule has 0 spiro atoms. The summed E-state index contributed by atoms with van der Waals surface area (Å²) in [5, 5.41) is 1.87. The summed E-state index contributed by atoms with van der Waals surface area (Å²) in [7, 11) is -3.48. The summed E-state index contributed by atoms with van der Waals surface area (Å²) in [5.41, 5.74) is 4.55. The summed E-state index contributed by atoms with van der Waals surface area (Å²) in [6, 6.07) is 4.01. The number of rotatable bonds is 5. The van der Waals surface area contributed by atoms with Crippen molar-refractivity contribution in [2.75, 3.05) is 24.2 Å². The minimum atomic E-state index is -3.48. The number of piperidine rings is 1. The minimum absolute atomic E-state index is 0.0399. The average molecular weight is 502 g/mol. The predicted octanol–water partition coefficient (Wildman–Crippen LogP) is 3.79. The van der Waals surface area contributed by atoms with Gasteiger partial charge in [-0.3, -0.25) is 0 Å². The Morgan fingerprint density at radius 2 is 1.91 bits per heavy atom. The number of hydroxylamine groups is 1. The highest BCUT2D eigenvalue weighted by atomic mass is 32.2. The van der Waals surface area contributed by atoms with Crippen LogP contribution in [0.3, 0.4) is 0 Å². The second-order valence-electron chi connectivity index (χ2n) is 9.25. The van der Waals surface area contributed by atoms with Crippen LogP contribution in [0.5, 0.6) is 0 Å². The number of hydrogen-bond donors (Lipinski definition) is 1. The highest BCUT2D eigenvalue weighted by Crippen LogP contribution is 2.49. The molecule has 1 saturated carbocycles. The first kappa shape index (κ1) is 21.9. The number of fused-ring (bicyclic) bond motifs is 1. The second kappa shape index (κ2) is 7.96. The first-order chi connectivity index (χ1) is 16.4. The Hall–Kier alpha value is -2.63. The second-order valence-corrected chi connectivity index (χ2v) is 12.1. The smallest absolute Gasteiger partial charge is 0.198 e. The van der Waals surface area contributed by atoms with Crippen LogP contribution in [-0.2, 0) is 14.7 Å². The third-order valence-electron chi connectivity index (χ3n) is 7.15. The van der Waals surface area contributed by atoms with Gasteiger partial charge in [-0.1, -0.05) is 6.07 Å². The SMILES string of the molecule is CS(=O)(=O)c1ccc(-c2csc3c(N4CCC(C5(C6CC6)N=CON5)CC4)ncnc23)c(F)c1. The van der Waals surface area contributed by atoms with E-state index in [2.05, 4.69) is 20.3 Å². The van der Waals surface area contributed by atoms with E-state index in [0.717, 1.165) is 48.8 Å². The maximum Gasteiger partial charge on any atom is 0.198 e. The molecule has 34 heavy (non-hydrogen) atoms. The zero-order valence-electron chi connectivity index (χ0n) is 18.6. The molecule has 8 nitrogen and oxygen atoms in total. The lowest BCUT2D eigenvalue weighted by molar-refractivity contribution is 0.0512. The van der Waals surface area contributed by atoms with Gasteiger partial charge in [-0.25, -0.2) is 27.8 Å². The van der Waals surface area contributed by atoms with E-state index < -0.39 is 15.7 Å². The fraction of sp³-hybridized carbons (Fsp3) is 0.435. The standard InChI is InChI=1S/C23H24FN5O3S2/c1-34(30,31)16-4-5-17(19(24)10-16)18-11-33-21-20(18)25-12-26-22(21)29-8-6-15(7-9-29)23(14-2-3-14)27-13-32-28-23/h4-5,10-15,28H,2-3,6-9H2,1H3. The number of nitrogens with one attached hydrogen (secondary N) is 1. The van der Waals surface area contributed by atoms with E-state index in [0.29, 0.717) is 28.5 Å². The van der Waals surface area contributed by atoms with E-state index in [4.69, 9.17) is 9.83 Å². The van der Waals surface area contributed by atoms with E-state index in [1.807, 2.05) is 5.38 Å². The van der Waals surface area contributed by atoms with Crippen LogP contribution < -0.4 is 10.4 Å². The number of benzene rings is 1. The van der Waals surface area contributed by atoms with Gasteiger partial charge in [-0.05, 0) is 37.8 Å². The Labute approximate surface area is 200 Å². The average Bonchev–Trinajstić information content (AvgIpc) is 3.41. The van der Waals surface area contributed by atoms with Crippen LogP contribution in [0.1, 0.15) is 25.7 Å². The van der Waals surface area contributed by atoms with Gasteiger partial charge in [0.2, 0.25) is 0 Å². The lowest BCUT2D eigenvalue weighted by Gasteiger charge is -2.40. The van der Waals surface area contributed by atoms with Crippen LogP contribution in [0.4, 0.5) is 10.2 Å². The molecule has 6 rings (SSSR count). The quantitative estimate of drug-likeness (QED) is 0.568. The van der Waals surface area contributed by atoms with Gasteiger partial charge in [0.1, 0.15) is 18.0 Å². The normalized spacial score (nSPS) is 23.5. The van der Waals surface area contributed by atoms with Gasteiger partial charge in [0.25, 0.3) is 0 Å². The molecule has 4 heterocycles. The van der Waals surface area contributed by atoms with Crippen molar-refractivity contribution >= 4 is 43.6 Å². The lowest BCUT2D eigenvalue weighted by Crippen LogP contribution is -2.52. The Bertz CT molecular complexity index is 1400. The number of halogens is 1. The highest BCUT2D eigenvalue weighted by Gasteiger charge is 2.53. The first-order valence-electron chi connectivity index (χ1n) is 11.3. The summed E-state index contributed by atoms with van der Waals surface area (Å²) in [6.45, 7) is 1.68. The number of sulfone groups is 1. The zero-order valence-corrected chi connectivity index (χ0v) is 20.2. The largest absolute Gasteiger partial charge is 0.394 e. The van der Waals surface area contributed by atoms with Gasteiger partial charge in [0, 0.05) is 47.7 Å². The number of nitrogens with zero attached hydrogens (tertiary/aromatic N) is 4. The van der Waals surface area contributed by atoms with Gasteiger partial charge in [-0.2, -0.15) is 0 Å². The molecule has 178 valence electrons. The van der Waals surface area contributed by atoms with E-state index in [1.165, 1.54) is 49.0 Å². The lowest BCUT2D eigenvalue weighted by atomic mass is 9.81. The topological polar surface area (TPSA) is 96.8 Å². The third kappa shape index (κ3) is 3.57. The number of hydrogen-bond acceptors (Lipinski definition) is 9. The Kier molecular flexibility index (Phi) is 5.12. The summed E-state index contributed by atoms with van der Waals surface area (Å²) in [6.07, 6.45) is 8.42. The van der Waals surface area contributed by atoms with Gasteiger partial charge < -0.3 is 9.74 Å². The summed E-state index contributed by atoms with van der Waals surface area (Å²) in [4.78, 5) is 21.3.